The maximum Gasteiger partial charge on any atom is 0.119 e. The smallest absolute Gasteiger partial charge is 0.119 e. The first kappa shape index (κ1) is 10.8. The van der Waals surface area contributed by atoms with Gasteiger partial charge in [0.1, 0.15) is 5.75 Å². The van der Waals surface area contributed by atoms with Gasteiger partial charge in [-0.05, 0) is 31.0 Å². The average molecular weight is 190 g/mol. The van der Waals surface area contributed by atoms with Crippen molar-refractivity contribution in [2.75, 3.05) is 6.61 Å². The molecule has 0 saturated carbocycles. The fraction of sp³-hybridized carbons (Fsp3) is 0.385. The number of allylic oxidation sites excluding steroid dienone is 1. The molecular weight excluding hydrogens is 172 g/mol. The van der Waals surface area contributed by atoms with Crippen LogP contribution >= 0.6 is 0 Å². The third-order valence-electron chi connectivity index (χ3n) is 2.01. The summed E-state index contributed by atoms with van der Waals surface area (Å²) in [4.78, 5) is 0. The molecule has 0 N–H and O–H groups in total. The van der Waals surface area contributed by atoms with Crippen LogP contribution in [0.3, 0.4) is 0 Å². The number of hydrogen-bond donors (Lipinski definition) is 0. The second kappa shape index (κ2) is 6.25. The second-order valence-electron chi connectivity index (χ2n) is 3.27. The highest BCUT2D eigenvalue weighted by Crippen LogP contribution is 2.13. The molecular formula is C13H18O. The van der Waals surface area contributed by atoms with Gasteiger partial charge in [-0.3, -0.25) is 0 Å². The lowest BCUT2D eigenvalue weighted by atomic mass is 10.2. The van der Waals surface area contributed by atoms with E-state index in [9.17, 15) is 0 Å². The zero-order chi connectivity index (χ0) is 10.2. The molecule has 1 nitrogen and oxygen atoms in total. The minimum absolute atomic E-state index is 0.819. The Labute approximate surface area is 86.4 Å². The summed E-state index contributed by atoms with van der Waals surface area (Å²) in [5.74, 6) is 0.965. The molecule has 0 fully saturated rings. The van der Waals surface area contributed by atoms with Crippen molar-refractivity contribution in [3.63, 3.8) is 0 Å². The van der Waals surface area contributed by atoms with E-state index < -0.39 is 0 Å². The van der Waals surface area contributed by atoms with Crippen molar-refractivity contribution in [2.24, 2.45) is 0 Å². The standard InChI is InChI=1S/C13H18O/c1-3-5-11-14-13-9-7-12(6-4-2)8-10-13/h4,6-10H,3,5,11H2,1-2H3/b6-4+. The summed E-state index contributed by atoms with van der Waals surface area (Å²) in [6.07, 6.45) is 6.41. The van der Waals surface area contributed by atoms with Gasteiger partial charge in [0.15, 0.2) is 0 Å². The molecule has 0 amide bonds. The Balaban J connectivity index is 2.46. The van der Waals surface area contributed by atoms with Crippen LogP contribution in [0.5, 0.6) is 5.75 Å². The average Bonchev–Trinajstić information content (AvgIpc) is 2.21. The maximum atomic E-state index is 5.56. The Morgan fingerprint density at radius 3 is 2.50 bits per heavy atom. The van der Waals surface area contributed by atoms with Crippen molar-refractivity contribution in [1.29, 1.82) is 0 Å². The highest BCUT2D eigenvalue weighted by Gasteiger charge is 1.92. The quantitative estimate of drug-likeness (QED) is 0.640. The molecule has 0 aliphatic rings. The molecule has 1 rings (SSSR count). The van der Waals surface area contributed by atoms with Crippen molar-refractivity contribution in [2.45, 2.75) is 26.7 Å². The predicted octanol–water partition coefficient (Wildman–Crippen LogP) is 3.90. The van der Waals surface area contributed by atoms with E-state index in [1.807, 2.05) is 25.1 Å². The van der Waals surface area contributed by atoms with Gasteiger partial charge in [-0.2, -0.15) is 0 Å². The van der Waals surface area contributed by atoms with Crippen LogP contribution in [0.25, 0.3) is 6.08 Å². The molecule has 0 aliphatic heterocycles. The van der Waals surface area contributed by atoms with Crippen LogP contribution in [0, 0.1) is 0 Å². The van der Waals surface area contributed by atoms with Crippen molar-refractivity contribution >= 4 is 6.08 Å². The zero-order valence-corrected chi connectivity index (χ0v) is 8.99. The lowest BCUT2D eigenvalue weighted by Crippen LogP contribution is -1.95. The van der Waals surface area contributed by atoms with Crippen molar-refractivity contribution in [3.05, 3.63) is 35.9 Å². The van der Waals surface area contributed by atoms with Gasteiger partial charge in [-0.25, -0.2) is 0 Å². The minimum Gasteiger partial charge on any atom is -0.494 e. The Morgan fingerprint density at radius 2 is 1.93 bits per heavy atom. The highest BCUT2D eigenvalue weighted by molar-refractivity contribution is 5.50. The van der Waals surface area contributed by atoms with Gasteiger partial charge in [-0.15, -0.1) is 0 Å². The molecule has 0 saturated heterocycles. The molecule has 0 radical (unpaired) electrons. The van der Waals surface area contributed by atoms with E-state index in [4.69, 9.17) is 4.74 Å². The first-order valence-corrected chi connectivity index (χ1v) is 5.22. The van der Waals surface area contributed by atoms with Crippen molar-refractivity contribution < 1.29 is 4.74 Å². The first-order chi connectivity index (χ1) is 6.86. The normalized spacial score (nSPS) is 10.7. The molecule has 0 spiro atoms. The van der Waals surface area contributed by atoms with E-state index >= 15 is 0 Å². The van der Waals surface area contributed by atoms with Gasteiger partial charge in [0.2, 0.25) is 0 Å². The molecule has 1 aromatic rings. The number of benzene rings is 1. The Morgan fingerprint density at radius 1 is 1.21 bits per heavy atom. The molecule has 0 bridgehead atoms. The molecule has 0 aliphatic carbocycles. The van der Waals surface area contributed by atoms with E-state index in [0.717, 1.165) is 18.8 Å². The zero-order valence-electron chi connectivity index (χ0n) is 8.99. The molecule has 0 aromatic heterocycles. The Kier molecular flexibility index (Phi) is 4.84. The van der Waals surface area contributed by atoms with Gasteiger partial charge in [0, 0.05) is 0 Å². The van der Waals surface area contributed by atoms with Gasteiger partial charge in [0.05, 0.1) is 6.61 Å². The molecule has 0 atom stereocenters. The SMILES string of the molecule is C/C=C/c1ccc(OCCCC)cc1. The molecule has 1 aromatic carbocycles. The molecule has 1 heteroatoms. The molecule has 0 unspecified atom stereocenters. The van der Waals surface area contributed by atoms with E-state index in [1.165, 1.54) is 12.0 Å². The minimum atomic E-state index is 0.819. The number of rotatable bonds is 5. The maximum absolute atomic E-state index is 5.56. The fourth-order valence-corrected chi connectivity index (χ4v) is 1.20. The Bertz CT molecular complexity index is 272. The van der Waals surface area contributed by atoms with Gasteiger partial charge in [0.25, 0.3) is 0 Å². The second-order valence-corrected chi connectivity index (χ2v) is 3.27. The summed E-state index contributed by atoms with van der Waals surface area (Å²) in [7, 11) is 0. The monoisotopic (exact) mass is 190 g/mol. The van der Waals surface area contributed by atoms with Gasteiger partial charge < -0.3 is 4.74 Å². The van der Waals surface area contributed by atoms with Crippen molar-refractivity contribution in [1.82, 2.24) is 0 Å². The fourth-order valence-electron chi connectivity index (χ4n) is 1.20. The summed E-state index contributed by atoms with van der Waals surface area (Å²) >= 11 is 0. The Hall–Kier alpha value is -1.24. The lowest BCUT2D eigenvalue weighted by molar-refractivity contribution is 0.309. The lowest BCUT2D eigenvalue weighted by Gasteiger charge is -2.04. The van der Waals surface area contributed by atoms with Crippen LogP contribution in [0.2, 0.25) is 0 Å². The van der Waals surface area contributed by atoms with Gasteiger partial charge in [-0.1, -0.05) is 37.6 Å². The van der Waals surface area contributed by atoms with Crippen LogP contribution in [0.1, 0.15) is 32.3 Å². The van der Waals surface area contributed by atoms with Crippen LogP contribution in [0.15, 0.2) is 30.3 Å². The number of ether oxygens (including phenoxy) is 1. The van der Waals surface area contributed by atoms with E-state index in [2.05, 4.69) is 25.1 Å². The predicted molar refractivity (Wildman–Crippen MR) is 61.6 cm³/mol. The summed E-state index contributed by atoms with van der Waals surface area (Å²) in [6, 6.07) is 8.18. The summed E-state index contributed by atoms with van der Waals surface area (Å²) in [5, 5.41) is 0. The van der Waals surface area contributed by atoms with Crippen LogP contribution in [-0.2, 0) is 0 Å². The van der Waals surface area contributed by atoms with Crippen molar-refractivity contribution in [3.8, 4) is 5.75 Å². The van der Waals surface area contributed by atoms with E-state index in [-0.39, 0.29) is 0 Å². The largest absolute Gasteiger partial charge is 0.494 e. The van der Waals surface area contributed by atoms with Crippen LogP contribution < -0.4 is 4.74 Å². The summed E-state index contributed by atoms with van der Waals surface area (Å²) in [6.45, 7) is 5.00. The van der Waals surface area contributed by atoms with E-state index in [1.54, 1.807) is 0 Å². The summed E-state index contributed by atoms with van der Waals surface area (Å²) < 4.78 is 5.56. The number of unbranched alkanes of at least 4 members (excludes halogenated alkanes) is 1. The molecule has 76 valence electrons. The summed E-state index contributed by atoms with van der Waals surface area (Å²) in [5.41, 5.74) is 1.22. The van der Waals surface area contributed by atoms with Crippen LogP contribution in [0.4, 0.5) is 0 Å². The topological polar surface area (TPSA) is 9.23 Å². The third-order valence-corrected chi connectivity index (χ3v) is 2.01. The van der Waals surface area contributed by atoms with E-state index in [0.29, 0.717) is 0 Å². The van der Waals surface area contributed by atoms with Gasteiger partial charge >= 0.3 is 0 Å². The molecule has 0 heterocycles. The highest BCUT2D eigenvalue weighted by atomic mass is 16.5. The third kappa shape index (κ3) is 3.65. The molecule has 14 heavy (non-hydrogen) atoms. The van der Waals surface area contributed by atoms with Crippen LogP contribution in [-0.4, -0.2) is 6.61 Å². The number of hydrogen-bond acceptors (Lipinski definition) is 1. The first-order valence-electron chi connectivity index (χ1n) is 5.22.